The van der Waals surface area contributed by atoms with Gasteiger partial charge in [0.05, 0.1) is 7.11 Å². The summed E-state index contributed by atoms with van der Waals surface area (Å²) in [4.78, 5) is 2.18. The second-order valence-electron chi connectivity index (χ2n) is 5.74. The van der Waals surface area contributed by atoms with Crippen LogP contribution in [0.3, 0.4) is 0 Å². The zero-order valence-electron chi connectivity index (χ0n) is 14.0. The Morgan fingerprint density at radius 3 is 2.43 bits per heavy atom. The standard InChI is InChI=1S/C19H24ClNO2/c1-21(2)13-7-10-15-9-6-12-18(22-3)19(15)23-14-16-8-4-5-11-17(16)20/h4-6,8-9,11-12H,7,10,13-14H2,1-3H3. The molecule has 0 aliphatic heterocycles. The first-order valence-electron chi connectivity index (χ1n) is 7.78. The fourth-order valence-corrected chi connectivity index (χ4v) is 2.62. The molecule has 0 N–H and O–H groups in total. The van der Waals surface area contributed by atoms with Crippen LogP contribution in [0, 0.1) is 0 Å². The van der Waals surface area contributed by atoms with Crippen LogP contribution in [0.25, 0.3) is 0 Å². The van der Waals surface area contributed by atoms with Gasteiger partial charge in [0.25, 0.3) is 0 Å². The van der Waals surface area contributed by atoms with Crippen molar-refractivity contribution in [3.05, 3.63) is 58.6 Å². The maximum atomic E-state index is 6.21. The van der Waals surface area contributed by atoms with Gasteiger partial charge in [0.15, 0.2) is 11.5 Å². The quantitative estimate of drug-likeness (QED) is 0.713. The van der Waals surface area contributed by atoms with Crippen LogP contribution < -0.4 is 9.47 Å². The van der Waals surface area contributed by atoms with E-state index in [1.807, 2.05) is 36.4 Å². The molecule has 0 heterocycles. The van der Waals surface area contributed by atoms with E-state index in [9.17, 15) is 0 Å². The van der Waals surface area contributed by atoms with E-state index in [0.29, 0.717) is 6.61 Å². The second kappa shape index (κ2) is 8.80. The topological polar surface area (TPSA) is 21.7 Å². The summed E-state index contributed by atoms with van der Waals surface area (Å²) in [6.07, 6.45) is 2.02. The molecule has 0 fully saturated rings. The fourth-order valence-electron chi connectivity index (χ4n) is 2.43. The second-order valence-corrected chi connectivity index (χ2v) is 6.14. The average Bonchev–Trinajstić information content (AvgIpc) is 2.54. The summed E-state index contributed by atoms with van der Waals surface area (Å²) in [5, 5.41) is 0.719. The molecule has 0 amide bonds. The molecule has 23 heavy (non-hydrogen) atoms. The maximum absolute atomic E-state index is 6.21. The summed E-state index contributed by atoms with van der Waals surface area (Å²) in [5.74, 6) is 1.58. The summed E-state index contributed by atoms with van der Waals surface area (Å²) >= 11 is 6.21. The third kappa shape index (κ3) is 5.15. The first-order valence-corrected chi connectivity index (χ1v) is 8.16. The van der Waals surface area contributed by atoms with Gasteiger partial charge in [0.1, 0.15) is 6.61 Å². The van der Waals surface area contributed by atoms with Crippen molar-refractivity contribution in [3.8, 4) is 11.5 Å². The predicted octanol–water partition coefficient (Wildman–Crippen LogP) is 4.42. The summed E-state index contributed by atoms with van der Waals surface area (Å²) in [5.41, 5.74) is 2.14. The van der Waals surface area contributed by atoms with Crippen molar-refractivity contribution in [2.75, 3.05) is 27.7 Å². The molecular weight excluding hydrogens is 310 g/mol. The van der Waals surface area contributed by atoms with Crippen molar-refractivity contribution in [1.29, 1.82) is 0 Å². The Labute approximate surface area is 143 Å². The molecule has 2 aromatic rings. The number of hydrogen-bond acceptors (Lipinski definition) is 3. The Bertz CT molecular complexity index is 629. The van der Waals surface area contributed by atoms with Crippen LogP contribution >= 0.6 is 11.6 Å². The molecule has 124 valence electrons. The first-order chi connectivity index (χ1) is 11.1. The van der Waals surface area contributed by atoms with Crippen LogP contribution in [0.1, 0.15) is 17.5 Å². The monoisotopic (exact) mass is 333 g/mol. The predicted molar refractivity (Wildman–Crippen MR) is 95.7 cm³/mol. The van der Waals surface area contributed by atoms with E-state index >= 15 is 0 Å². The first kappa shape index (κ1) is 17.6. The van der Waals surface area contributed by atoms with Gasteiger partial charge in [-0.2, -0.15) is 0 Å². The van der Waals surface area contributed by atoms with Crippen molar-refractivity contribution >= 4 is 11.6 Å². The zero-order chi connectivity index (χ0) is 16.7. The molecule has 0 aliphatic carbocycles. The Hall–Kier alpha value is -1.71. The third-order valence-corrected chi connectivity index (χ3v) is 4.03. The molecule has 0 aliphatic rings. The molecule has 0 bridgehead atoms. The van der Waals surface area contributed by atoms with Crippen molar-refractivity contribution in [2.24, 2.45) is 0 Å². The molecule has 0 saturated heterocycles. The van der Waals surface area contributed by atoms with Crippen LogP contribution in [0.5, 0.6) is 11.5 Å². The van der Waals surface area contributed by atoms with Gasteiger partial charge in [-0.05, 0) is 51.2 Å². The van der Waals surface area contributed by atoms with Gasteiger partial charge in [0, 0.05) is 10.6 Å². The number of para-hydroxylation sites is 1. The molecule has 0 atom stereocenters. The minimum Gasteiger partial charge on any atom is -0.493 e. The largest absolute Gasteiger partial charge is 0.493 e. The Morgan fingerprint density at radius 1 is 1.00 bits per heavy atom. The van der Waals surface area contributed by atoms with Crippen LogP contribution in [0.15, 0.2) is 42.5 Å². The highest BCUT2D eigenvalue weighted by molar-refractivity contribution is 6.31. The van der Waals surface area contributed by atoms with Gasteiger partial charge in [-0.25, -0.2) is 0 Å². The molecule has 0 saturated carbocycles. The summed E-state index contributed by atoms with van der Waals surface area (Å²) in [6, 6.07) is 13.8. The number of hydrogen-bond donors (Lipinski definition) is 0. The van der Waals surface area contributed by atoms with Crippen LogP contribution in [0.2, 0.25) is 5.02 Å². The molecule has 0 radical (unpaired) electrons. The van der Waals surface area contributed by atoms with E-state index in [2.05, 4.69) is 25.1 Å². The molecular formula is C19H24ClNO2. The average molecular weight is 334 g/mol. The number of ether oxygens (including phenoxy) is 2. The third-order valence-electron chi connectivity index (χ3n) is 3.66. The van der Waals surface area contributed by atoms with E-state index in [0.717, 1.165) is 41.5 Å². The molecule has 2 rings (SSSR count). The normalized spacial score (nSPS) is 10.8. The lowest BCUT2D eigenvalue weighted by molar-refractivity contribution is 0.280. The highest BCUT2D eigenvalue weighted by Crippen LogP contribution is 2.33. The highest BCUT2D eigenvalue weighted by atomic mass is 35.5. The van der Waals surface area contributed by atoms with Crippen molar-refractivity contribution in [2.45, 2.75) is 19.4 Å². The van der Waals surface area contributed by atoms with Crippen molar-refractivity contribution < 1.29 is 9.47 Å². The van der Waals surface area contributed by atoms with Crippen LogP contribution in [-0.2, 0) is 13.0 Å². The van der Waals surface area contributed by atoms with Gasteiger partial charge < -0.3 is 14.4 Å². The summed E-state index contributed by atoms with van der Waals surface area (Å²) < 4.78 is 11.5. The number of halogens is 1. The SMILES string of the molecule is COc1cccc(CCCN(C)C)c1OCc1ccccc1Cl. The molecule has 3 nitrogen and oxygen atoms in total. The molecule has 0 unspecified atom stereocenters. The van der Waals surface area contributed by atoms with Gasteiger partial charge in [-0.15, -0.1) is 0 Å². The lowest BCUT2D eigenvalue weighted by Gasteiger charge is -2.16. The van der Waals surface area contributed by atoms with Crippen molar-refractivity contribution in [3.63, 3.8) is 0 Å². The van der Waals surface area contributed by atoms with Crippen molar-refractivity contribution in [1.82, 2.24) is 4.90 Å². The number of nitrogens with zero attached hydrogens (tertiary/aromatic N) is 1. The fraction of sp³-hybridized carbons (Fsp3) is 0.368. The minimum absolute atomic E-state index is 0.431. The number of methoxy groups -OCH3 is 1. The number of aryl methyl sites for hydroxylation is 1. The lowest BCUT2D eigenvalue weighted by Crippen LogP contribution is -2.13. The summed E-state index contributed by atoms with van der Waals surface area (Å²) in [7, 11) is 5.84. The summed E-state index contributed by atoms with van der Waals surface area (Å²) in [6.45, 7) is 1.47. The van der Waals surface area contributed by atoms with Gasteiger partial charge in [0.2, 0.25) is 0 Å². The Morgan fingerprint density at radius 2 is 1.74 bits per heavy atom. The Kier molecular flexibility index (Phi) is 6.75. The Balaban J connectivity index is 2.13. The lowest BCUT2D eigenvalue weighted by atomic mass is 10.1. The maximum Gasteiger partial charge on any atom is 0.164 e. The molecule has 0 aromatic heterocycles. The highest BCUT2D eigenvalue weighted by Gasteiger charge is 2.11. The number of benzene rings is 2. The van der Waals surface area contributed by atoms with Gasteiger partial charge >= 0.3 is 0 Å². The number of rotatable bonds is 8. The van der Waals surface area contributed by atoms with Gasteiger partial charge in [-0.3, -0.25) is 0 Å². The smallest absolute Gasteiger partial charge is 0.164 e. The molecule has 0 spiro atoms. The minimum atomic E-state index is 0.431. The van der Waals surface area contributed by atoms with Gasteiger partial charge in [-0.1, -0.05) is 41.9 Å². The zero-order valence-corrected chi connectivity index (χ0v) is 14.8. The molecule has 2 aromatic carbocycles. The van der Waals surface area contributed by atoms with E-state index < -0.39 is 0 Å². The van der Waals surface area contributed by atoms with E-state index in [4.69, 9.17) is 21.1 Å². The van der Waals surface area contributed by atoms with Crippen LogP contribution in [0.4, 0.5) is 0 Å². The van der Waals surface area contributed by atoms with Crippen LogP contribution in [-0.4, -0.2) is 32.6 Å². The molecule has 4 heteroatoms. The van der Waals surface area contributed by atoms with E-state index in [1.165, 1.54) is 5.56 Å². The van der Waals surface area contributed by atoms with E-state index in [1.54, 1.807) is 7.11 Å². The van der Waals surface area contributed by atoms with E-state index in [-0.39, 0.29) is 0 Å².